The second kappa shape index (κ2) is 5.96. The Morgan fingerprint density at radius 2 is 1.94 bits per heavy atom. The number of nitrogens with zero attached hydrogens (tertiary/aromatic N) is 1. The van der Waals surface area contributed by atoms with E-state index in [9.17, 15) is 15.2 Å². The van der Waals surface area contributed by atoms with Gasteiger partial charge in [-0.05, 0) is 18.8 Å². The monoisotopic (exact) mass is 249 g/mol. The van der Waals surface area contributed by atoms with Crippen molar-refractivity contribution in [1.82, 2.24) is 0 Å². The lowest BCUT2D eigenvalue weighted by molar-refractivity contribution is -0.385. The highest BCUT2D eigenvalue weighted by Gasteiger charge is 2.24. The molecule has 1 aliphatic rings. The normalized spacial score (nSPS) is 18.5. The van der Waals surface area contributed by atoms with Crippen LogP contribution in [0.25, 0.3) is 0 Å². The summed E-state index contributed by atoms with van der Waals surface area (Å²) >= 11 is 0. The number of nitro benzene ring substituents is 1. The maximum Gasteiger partial charge on any atom is 0.272 e. The highest BCUT2D eigenvalue weighted by molar-refractivity contribution is 5.40. The lowest BCUT2D eigenvalue weighted by atomic mass is 9.83. The van der Waals surface area contributed by atoms with Crippen molar-refractivity contribution in [3.05, 3.63) is 39.9 Å². The van der Waals surface area contributed by atoms with Crippen molar-refractivity contribution in [3.63, 3.8) is 0 Å². The van der Waals surface area contributed by atoms with Crippen LogP contribution >= 0.6 is 0 Å². The Hall–Kier alpha value is -1.42. The van der Waals surface area contributed by atoms with Crippen molar-refractivity contribution >= 4 is 5.69 Å². The highest BCUT2D eigenvalue weighted by Crippen LogP contribution is 2.29. The van der Waals surface area contributed by atoms with E-state index in [1.54, 1.807) is 18.2 Å². The van der Waals surface area contributed by atoms with Gasteiger partial charge in [0.15, 0.2) is 0 Å². The summed E-state index contributed by atoms with van der Waals surface area (Å²) in [6, 6.07) is 6.69. The molecule has 0 heterocycles. The largest absolute Gasteiger partial charge is 0.392 e. The van der Waals surface area contributed by atoms with Crippen molar-refractivity contribution in [3.8, 4) is 0 Å². The Labute approximate surface area is 107 Å². The van der Waals surface area contributed by atoms with E-state index < -0.39 is 6.10 Å². The zero-order valence-corrected chi connectivity index (χ0v) is 10.4. The number of rotatable bonds is 4. The van der Waals surface area contributed by atoms with Crippen LogP contribution in [0.15, 0.2) is 24.3 Å². The van der Waals surface area contributed by atoms with Gasteiger partial charge in [0.1, 0.15) is 0 Å². The third-order valence-electron chi connectivity index (χ3n) is 3.81. The van der Waals surface area contributed by atoms with E-state index in [0.717, 1.165) is 12.8 Å². The van der Waals surface area contributed by atoms with Gasteiger partial charge >= 0.3 is 0 Å². The number of aliphatic hydroxyl groups excluding tert-OH is 1. The fourth-order valence-electron chi connectivity index (χ4n) is 2.77. The molecule has 1 aromatic rings. The Morgan fingerprint density at radius 1 is 1.28 bits per heavy atom. The molecule has 1 aromatic carbocycles. The standard InChI is InChI=1S/C14H19NO3/c16-14(11-6-2-1-3-7-11)10-12-8-4-5-9-13(12)15(17)18/h4-5,8-9,11,14,16H,1-3,6-7,10H2. The van der Waals surface area contributed by atoms with Crippen LogP contribution in [0.4, 0.5) is 5.69 Å². The molecular formula is C14H19NO3. The highest BCUT2D eigenvalue weighted by atomic mass is 16.6. The van der Waals surface area contributed by atoms with E-state index in [1.165, 1.54) is 25.3 Å². The van der Waals surface area contributed by atoms with Gasteiger partial charge < -0.3 is 5.11 Å². The quantitative estimate of drug-likeness (QED) is 0.658. The summed E-state index contributed by atoms with van der Waals surface area (Å²) in [6.45, 7) is 0. The minimum absolute atomic E-state index is 0.118. The lowest BCUT2D eigenvalue weighted by Crippen LogP contribution is -2.25. The van der Waals surface area contributed by atoms with Gasteiger partial charge in [0.25, 0.3) is 5.69 Å². The Morgan fingerprint density at radius 3 is 2.61 bits per heavy atom. The smallest absolute Gasteiger partial charge is 0.272 e. The lowest BCUT2D eigenvalue weighted by Gasteiger charge is -2.26. The SMILES string of the molecule is O=[N+]([O-])c1ccccc1CC(O)C1CCCCC1. The molecular weight excluding hydrogens is 230 g/mol. The Balaban J connectivity index is 2.06. The van der Waals surface area contributed by atoms with E-state index in [2.05, 4.69) is 0 Å². The minimum Gasteiger partial charge on any atom is -0.392 e. The second-order valence-electron chi connectivity index (χ2n) is 5.06. The number of nitro groups is 1. The van der Waals surface area contributed by atoms with Crippen molar-refractivity contribution in [2.75, 3.05) is 0 Å². The molecule has 0 amide bonds. The third kappa shape index (κ3) is 3.07. The van der Waals surface area contributed by atoms with Crippen LogP contribution in [-0.2, 0) is 6.42 Å². The first-order chi connectivity index (χ1) is 8.68. The number of benzene rings is 1. The molecule has 1 unspecified atom stereocenters. The number of hydrogen-bond donors (Lipinski definition) is 1. The molecule has 2 rings (SSSR count). The van der Waals surface area contributed by atoms with Gasteiger partial charge in [-0.3, -0.25) is 10.1 Å². The Bertz CT molecular complexity index is 413. The molecule has 0 bridgehead atoms. The topological polar surface area (TPSA) is 63.4 Å². The first kappa shape index (κ1) is 13.0. The molecule has 1 atom stereocenters. The van der Waals surface area contributed by atoms with Crippen LogP contribution in [0.5, 0.6) is 0 Å². The molecule has 0 radical (unpaired) electrons. The predicted molar refractivity (Wildman–Crippen MR) is 69.4 cm³/mol. The van der Waals surface area contributed by atoms with Gasteiger partial charge in [0, 0.05) is 18.1 Å². The Kier molecular flexibility index (Phi) is 4.31. The number of aliphatic hydroxyl groups is 1. The maximum atomic E-state index is 10.9. The van der Waals surface area contributed by atoms with Crippen LogP contribution in [-0.4, -0.2) is 16.1 Å². The maximum absolute atomic E-state index is 10.9. The van der Waals surface area contributed by atoms with Crippen LogP contribution in [0.2, 0.25) is 0 Å². The molecule has 4 nitrogen and oxygen atoms in total. The van der Waals surface area contributed by atoms with Crippen molar-refractivity contribution in [2.24, 2.45) is 5.92 Å². The number of hydrogen-bond acceptors (Lipinski definition) is 3. The summed E-state index contributed by atoms with van der Waals surface area (Å²) in [7, 11) is 0. The zero-order valence-electron chi connectivity index (χ0n) is 10.4. The fourth-order valence-corrected chi connectivity index (χ4v) is 2.77. The minimum atomic E-state index is -0.452. The van der Waals surface area contributed by atoms with E-state index in [4.69, 9.17) is 0 Å². The summed E-state index contributed by atoms with van der Waals surface area (Å²) in [4.78, 5) is 10.5. The van der Waals surface area contributed by atoms with Crippen molar-refractivity contribution < 1.29 is 10.0 Å². The van der Waals surface area contributed by atoms with E-state index >= 15 is 0 Å². The van der Waals surface area contributed by atoms with Crippen molar-refractivity contribution in [2.45, 2.75) is 44.6 Å². The van der Waals surface area contributed by atoms with Crippen LogP contribution in [0.3, 0.4) is 0 Å². The van der Waals surface area contributed by atoms with Gasteiger partial charge in [0.2, 0.25) is 0 Å². The van der Waals surface area contributed by atoms with Gasteiger partial charge in [-0.15, -0.1) is 0 Å². The van der Waals surface area contributed by atoms with Crippen LogP contribution < -0.4 is 0 Å². The summed E-state index contributed by atoms with van der Waals surface area (Å²) in [6.07, 6.45) is 5.60. The molecule has 1 aliphatic carbocycles. The molecule has 4 heteroatoms. The van der Waals surface area contributed by atoms with E-state index in [-0.39, 0.29) is 10.6 Å². The molecule has 0 spiro atoms. The third-order valence-corrected chi connectivity index (χ3v) is 3.81. The summed E-state index contributed by atoms with van der Waals surface area (Å²) < 4.78 is 0. The van der Waals surface area contributed by atoms with Gasteiger partial charge in [0.05, 0.1) is 11.0 Å². The molecule has 1 saturated carbocycles. The number of para-hydroxylation sites is 1. The summed E-state index contributed by atoms with van der Waals surface area (Å²) in [5, 5.41) is 21.1. The summed E-state index contributed by atoms with van der Waals surface area (Å²) in [5.41, 5.74) is 0.757. The molecule has 0 aliphatic heterocycles. The van der Waals surface area contributed by atoms with Gasteiger partial charge in [-0.1, -0.05) is 37.5 Å². The molecule has 18 heavy (non-hydrogen) atoms. The predicted octanol–water partition coefficient (Wildman–Crippen LogP) is 3.08. The zero-order chi connectivity index (χ0) is 13.0. The molecule has 0 saturated heterocycles. The average Bonchev–Trinajstić information content (AvgIpc) is 2.40. The molecule has 1 N–H and O–H groups in total. The molecule has 1 fully saturated rings. The molecule has 0 aromatic heterocycles. The van der Waals surface area contributed by atoms with Crippen molar-refractivity contribution in [1.29, 1.82) is 0 Å². The molecule has 98 valence electrons. The summed E-state index contributed by atoms with van der Waals surface area (Å²) in [5.74, 6) is 0.304. The first-order valence-electron chi connectivity index (χ1n) is 6.59. The van der Waals surface area contributed by atoms with Crippen LogP contribution in [0.1, 0.15) is 37.7 Å². The van der Waals surface area contributed by atoms with Gasteiger partial charge in [-0.2, -0.15) is 0 Å². The van der Waals surface area contributed by atoms with E-state index in [1.807, 2.05) is 0 Å². The van der Waals surface area contributed by atoms with Crippen LogP contribution in [0, 0.1) is 16.0 Å². The van der Waals surface area contributed by atoms with E-state index in [0.29, 0.717) is 17.9 Å². The second-order valence-corrected chi connectivity index (χ2v) is 5.06. The first-order valence-corrected chi connectivity index (χ1v) is 6.59. The van der Waals surface area contributed by atoms with Gasteiger partial charge in [-0.25, -0.2) is 0 Å². The average molecular weight is 249 g/mol. The fraction of sp³-hybridized carbons (Fsp3) is 0.571.